The van der Waals surface area contributed by atoms with Crippen molar-refractivity contribution in [3.63, 3.8) is 0 Å². The first-order chi connectivity index (χ1) is 15.2. The lowest BCUT2D eigenvalue weighted by atomic mass is 9.82. The first-order valence-electron chi connectivity index (χ1n) is 11.1. The number of aromatic nitrogens is 1. The highest BCUT2D eigenvalue weighted by atomic mass is 35.5. The summed E-state index contributed by atoms with van der Waals surface area (Å²) < 4.78 is 5.37. The Hall–Kier alpha value is -2.60. The van der Waals surface area contributed by atoms with Crippen molar-refractivity contribution in [2.24, 2.45) is 11.8 Å². The van der Waals surface area contributed by atoms with Crippen LogP contribution in [0.3, 0.4) is 0 Å². The summed E-state index contributed by atoms with van der Waals surface area (Å²) in [5.74, 6) is 0.723. The second kappa shape index (κ2) is 10.8. The number of carbonyl (C=O) groups is 2. The van der Waals surface area contributed by atoms with Gasteiger partial charge in [-0.1, -0.05) is 23.7 Å². The average Bonchev–Trinajstić information content (AvgIpc) is 2.76. The minimum atomic E-state index is -0.360. The van der Waals surface area contributed by atoms with Gasteiger partial charge in [-0.05, 0) is 82.6 Å². The SMILES string of the molecule is CC(C)(C)NC(=O)OCC1CCC(CNC(=O)c2ccnc(-c3cccc(Cl)c3)c2)CC1. The van der Waals surface area contributed by atoms with Gasteiger partial charge in [0.2, 0.25) is 0 Å². The van der Waals surface area contributed by atoms with E-state index in [-0.39, 0.29) is 17.5 Å². The molecule has 6 nitrogen and oxygen atoms in total. The van der Waals surface area contributed by atoms with Crippen molar-refractivity contribution in [2.75, 3.05) is 13.2 Å². The maximum absolute atomic E-state index is 12.7. The molecule has 2 N–H and O–H groups in total. The zero-order chi connectivity index (χ0) is 23.1. The summed E-state index contributed by atoms with van der Waals surface area (Å²) in [4.78, 5) is 28.8. The number of amides is 2. The summed E-state index contributed by atoms with van der Waals surface area (Å²) in [7, 11) is 0. The number of pyridine rings is 1. The van der Waals surface area contributed by atoms with Gasteiger partial charge in [-0.3, -0.25) is 9.78 Å². The maximum atomic E-state index is 12.7. The van der Waals surface area contributed by atoms with Gasteiger partial charge >= 0.3 is 6.09 Å². The molecule has 0 unspecified atom stereocenters. The van der Waals surface area contributed by atoms with Crippen molar-refractivity contribution in [3.8, 4) is 11.3 Å². The normalized spacial score (nSPS) is 18.6. The highest BCUT2D eigenvalue weighted by molar-refractivity contribution is 6.30. The van der Waals surface area contributed by atoms with Crippen molar-refractivity contribution >= 4 is 23.6 Å². The summed E-state index contributed by atoms with van der Waals surface area (Å²) in [6.07, 6.45) is 5.31. The Morgan fingerprint density at radius 1 is 1.09 bits per heavy atom. The monoisotopic (exact) mass is 457 g/mol. The minimum Gasteiger partial charge on any atom is -0.449 e. The molecule has 0 aliphatic heterocycles. The molecule has 1 fully saturated rings. The molecular formula is C25H32ClN3O3. The van der Waals surface area contributed by atoms with Crippen LogP contribution in [-0.4, -0.2) is 35.7 Å². The van der Waals surface area contributed by atoms with Crippen LogP contribution in [0.1, 0.15) is 56.8 Å². The van der Waals surface area contributed by atoms with Gasteiger partial charge in [-0.25, -0.2) is 4.79 Å². The average molecular weight is 458 g/mol. The van der Waals surface area contributed by atoms with Crippen molar-refractivity contribution in [2.45, 2.75) is 52.0 Å². The lowest BCUT2D eigenvalue weighted by molar-refractivity contribution is 0.0915. The van der Waals surface area contributed by atoms with Gasteiger partial charge < -0.3 is 15.4 Å². The van der Waals surface area contributed by atoms with Gasteiger partial charge in [0.25, 0.3) is 5.91 Å². The van der Waals surface area contributed by atoms with E-state index in [1.165, 1.54) is 0 Å². The standard InChI is InChI=1S/C25H32ClN3O3/c1-25(2,3)29-24(31)32-16-18-9-7-17(8-10-18)15-28-23(30)20-11-12-27-22(14-20)19-5-4-6-21(26)13-19/h4-6,11-14,17-18H,7-10,15-16H2,1-3H3,(H,28,30)(H,29,31). The molecule has 0 atom stereocenters. The van der Waals surface area contributed by atoms with Crippen LogP contribution in [0.4, 0.5) is 4.79 Å². The minimum absolute atomic E-state index is 0.0972. The third-order valence-electron chi connectivity index (χ3n) is 5.59. The summed E-state index contributed by atoms with van der Waals surface area (Å²) >= 11 is 6.07. The molecule has 2 aromatic rings. The molecule has 1 aromatic carbocycles. The van der Waals surface area contributed by atoms with Crippen LogP contribution in [0, 0.1) is 11.8 Å². The molecule has 172 valence electrons. The summed E-state index contributed by atoms with van der Waals surface area (Å²) in [6, 6.07) is 10.9. The van der Waals surface area contributed by atoms with E-state index in [0.717, 1.165) is 36.9 Å². The van der Waals surface area contributed by atoms with Crippen LogP contribution in [0.2, 0.25) is 5.02 Å². The molecule has 1 aromatic heterocycles. The number of alkyl carbamates (subject to hydrolysis) is 1. The Bertz CT molecular complexity index is 934. The van der Waals surface area contributed by atoms with Crippen LogP contribution < -0.4 is 10.6 Å². The lowest BCUT2D eigenvalue weighted by Gasteiger charge is -2.29. The van der Waals surface area contributed by atoms with Crippen LogP contribution in [0.25, 0.3) is 11.3 Å². The number of nitrogens with one attached hydrogen (secondary N) is 2. The Morgan fingerprint density at radius 3 is 2.50 bits per heavy atom. The summed E-state index contributed by atoms with van der Waals surface area (Å²) in [6.45, 7) is 6.88. The Kier molecular flexibility index (Phi) is 8.13. The Balaban J connectivity index is 1.43. The number of hydrogen-bond acceptors (Lipinski definition) is 4. The number of rotatable bonds is 6. The molecule has 0 saturated heterocycles. The van der Waals surface area contributed by atoms with Gasteiger partial charge in [0.05, 0.1) is 12.3 Å². The number of benzene rings is 1. The molecule has 0 bridgehead atoms. The fourth-order valence-corrected chi connectivity index (χ4v) is 4.04. The second-order valence-electron chi connectivity index (χ2n) is 9.51. The molecule has 1 aliphatic rings. The maximum Gasteiger partial charge on any atom is 0.407 e. The van der Waals surface area contributed by atoms with Crippen molar-refractivity contribution in [1.82, 2.24) is 15.6 Å². The molecule has 1 saturated carbocycles. The third-order valence-corrected chi connectivity index (χ3v) is 5.82. The number of hydrogen-bond donors (Lipinski definition) is 2. The van der Waals surface area contributed by atoms with E-state index >= 15 is 0 Å². The molecule has 7 heteroatoms. The van der Waals surface area contributed by atoms with Gasteiger partial charge in [-0.2, -0.15) is 0 Å². The quantitative estimate of drug-likeness (QED) is 0.603. The Morgan fingerprint density at radius 2 is 1.81 bits per heavy atom. The Labute approximate surface area is 195 Å². The van der Waals surface area contributed by atoms with Gasteiger partial charge in [0.15, 0.2) is 0 Å². The predicted molar refractivity (Wildman–Crippen MR) is 127 cm³/mol. The van der Waals surface area contributed by atoms with Crippen LogP contribution in [0.15, 0.2) is 42.6 Å². The fourth-order valence-electron chi connectivity index (χ4n) is 3.85. The topological polar surface area (TPSA) is 80.3 Å². The van der Waals surface area contributed by atoms with Crippen LogP contribution in [0.5, 0.6) is 0 Å². The van der Waals surface area contributed by atoms with E-state index in [1.807, 2.05) is 45.0 Å². The highest BCUT2D eigenvalue weighted by Gasteiger charge is 2.23. The molecule has 0 spiro atoms. The van der Waals surface area contributed by atoms with E-state index < -0.39 is 0 Å². The third kappa shape index (κ3) is 7.52. The van der Waals surface area contributed by atoms with Gasteiger partial charge in [0.1, 0.15) is 0 Å². The van der Waals surface area contributed by atoms with Crippen LogP contribution >= 0.6 is 11.6 Å². The second-order valence-corrected chi connectivity index (χ2v) is 9.95. The molecule has 1 aliphatic carbocycles. The van der Waals surface area contributed by atoms with Gasteiger partial charge in [-0.15, -0.1) is 0 Å². The summed E-state index contributed by atoms with van der Waals surface area (Å²) in [5.41, 5.74) is 1.89. The molecule has 3 rings (SSSR count). The molecular weight excluding hydrogens is 426 g/mol. The molecule has 2 amide bonds. The number of halogens is 1. The van der Waals surface area contributed by atoms with Gasteiger partial charge in [0, 0.05) is 34.4 Å². The van der Waals surface area contributed by atoms with E-state index in [0.29, 0.717) is 35.6 Å². The zero-order valence-electron chi connectivity index (χ0n) is 19.0. The predicted octanol–water partition coefficient (Wildman–Crippen LogP) is 5.46. The van der Waals surface area contributed by atoms with E-state index in [1.54, 1.807) is 18.3 Å². The molecule has 32 heavy (non-hydrogen) atoms. The number of nitrogens with zero attached hydrogens (tertiary/aromatic N) is 1. The largest absolute Gasteiger partial charge is 0.449 e. The first kappa shape index (κ1) is 24.1. The summed E-state index contributed by atoms with van der Waals surface area (Å²) in [5, 5.41) is 6.51. The first-order valence-corrected chi connectivity index (χ1v) is 11.5. The smallest absolute Gasteiger partial charge is 0.407 e. The fraction of sp³-hybridized carbons (Fsp3) is 0.480. The van der Waals surface area contributed by atoms with Crippen LogP contribution in [-0.2, 0) is 4.74 Å². The van der Waals surface area contributed by atoms with E-state index in [9.17, 15) is 9.59 Å². The van der Waals surface area contributed by atoms with E-state index in [4.69, 9.17) is 16.3 Å². The highest BCUT2D eigenvalue weighted by Crippen LogP contribution is 2.29. The van der Waals surface area contributed by atoms with E-state index in [2.05, 4.69) is 15.6 Å². The molecule has 1 heterocycles. The number of carbonyl (C=O) groups excluding carboxylic acids is 2. The zero-order valence-corrected chi connectivity index (χ0v) is 19.7. The number of ether oxygens (including phenoxy) is 1. The van der Waals surface area contributed by atoms with Crippen molar-refractivity contribution in [1.29, 1.82) is 0 Å². The molecule has 0 radical (unpaired) electrons. The van der Waals surface area contributed by atoms with Crippen molar-refractivity contribution < 1.29 is 14.3 Å². The van der Waals surface area contributed by atoms with Crippen molar-refractivity contribution in [3.05, 3.63) is 53.2 Å². The lowest BCUT2D eigenvalue weighted by Crippen LogP contribution is -2.41.